The molecule has 2 rings (SSSR count). The number of hydrogen-bond donors (Lipinski definition) is 0. The predicted octanol–water partition coefficient (Wildman–Crippen LogP) is 3.81. The van der Waals surface area contributed by atoms with Crippen LogP contribution in [-0.4, -0.2) is 7.05 Å². The first-order chi connectivity index (χ1) is 7.09. The van der Waals surface area contributed by atoms with Crippen molar-refractivity contribution in [3.05, 3.63) is 40.6 Å². The van der Waals surface area contributed by atoms with Crippen molar-refractivity contribution in [2.24, 2.45) is 0 Å². The van der Waals surface area contributed by atoms with Gasteiger partial charge in [0.25, 0.3) is 0 Å². The van der Waals surface area contributed by atoms with E-state index >= 15 is 0 Å². The topological polar surface area (TPSA) is 3.24 Å². The molecule has 1 aromatic carbocycles. The molecule has 0 aromatic heterocycles. The van der Waals surface area contributed by atoms with Gasteiger partial charge in [-0.1, -0.05) is 23.3 Å². The first-order valence-electron chi connectivity index (χ1n) is 5.59. The van der Waals surface area contributed by atoms with Crippen molar-refractivity contribution in [1.82, 2.24) is 0 Å². The number of anilines is 1. The third-order valence-corrected chi connectivity index (χ3v) is 3.23. The summed E-state index contributed by atoms with van der Waals surface area (Å²) in [5.74, 6) is 0. The molecule has 1 saturated carbocycles. The largest absolute Gasteiger partial charge is 0.348 e. The normalized spacial score (nSPS) is 14.0. The van der Waals surface area contributed by atoms with Gasteiger partial charge in [0, 0.05) is 18.4 Å². The van der Waals surface area contributed by atoms with Crippen molar-refractivity contribution in [3.8, 4) is 0 Å². The quantitative estimate of drug-likeness (QED) is 0.703. The van der Waals surface area contributed by atoms with Gasteiger partial charge in [0.2, 0.25) is 0 Å². The molecule has 0 bridgehead atoms. The van der Waals surface area contributed by atoms with Crippen LogP contribution in [0.5, 0.6) is 0 Å². The standard InChI is InChI=1S/C14H19N/c1-10-5-8-14(11(2)9-10)15(4)12(3)13-6-7-13/h5,8-9H,6-7H2,1-4H3. The molecular formula is C14H19N. The highest BCUT2D eigenvalue weighted by Crippen LogP contribution is 2.34. The van der Waals surface area contributed by atoms with Gasteiger partial charge >= 0.3 is 0 Å². The van der Waals surface area contributed by atoms with Crippen molar-refractivity contribution in [2.75, 3.05) is 11.9 Å². The van der Waals surface area contributed by atoms with Crippen LogP contribution in [0.25, 0.3) is 0 Å². The van der Waals surface area contributed by atoms with Crippen molar-refractivity contribution < 1.29 is 0 Å². The minimum atomic E-state index is 1.29. The fourth-order valence-electron chi connectivity index (χ4n) is 2.02. The van der Waals surface area contributed by atoms with Crippen LogP contribution in [0.4, 0.5) is 5.69 Å². The van der Waals surface area contributed by atoms with Crippen LogP contribution in [-0.2, 0) is 0 Å². The maximum Gasteiger partial charge on any atom is 0.0435 e. The number of nitrogens with zero attached hydrogens (tertiary/aromatic N) is 1. The third kappa shape index (κ3) is 2.06. The van der Waals surface area contributed by atoms with Gasteiger partial charge in [0.15, 0.2) is 0 Å². The molecule has 0 amide bonds. The highest BCUT2D eigenvalue weighted by Gasteiger charge is 2.18. The first kappa shape index (κ1) is 10.3. The SMILES string of the molecule is CC(=C1CC1)N(C)c1ccc(C)cc1C. The maximum absolute atomic E-state index is 2.32. The summed E-state index contributed by atoms with van der Waals surface area (Å²) >= 11 is 0. The second kappa shape index (κ2) is 3.73. The van der Waals surface area contributed by atoms with Crippen LogP contribution in [0, 0.1) is 13.8 Å². The summed E-state index contributed by atoms with van der Waals surface area (Å²) in [6.07, 6.45) is 2.59. The molecular weight excluding hydrogens is 182 g/mol. The molecule has 15 heavy (non-hydrogen) atoms. The van der Waals surface area contributed by atoms with Crippen LogP contribution in [0.3, 0.4) is 0 Å². The zero-order valence-electron chi connectivity index (χ0n) is 10.1. The molecule has 0 atom stereocenters. The van der Waals surface area contributed by atoms with Crippen LogP contribution >= 0.6 is 0 Å². The molecule has 1 fully saturated rings. The minimum Gasteiger partial charge on any atom is -0.348 e. The third-order valence-electron chi connectivity index (χ3n) is 3.23. The van der Waals surface area contributed by atoms with E-state index in [0.717, 1.165) is 0 Å². The van der Waals surface area contributed by atoms with E-state index in [4.69, 9.17) is 0 Å². The molecule has 0 unspecified atom stereocenters. The average molecular weight is 201 g/mol. The van der Waals surface area contributed by atoms with Gasteiger partial charge in [-0.25, -0.2) is 0 Å². The molecule has 80 valence electrons. The molecule has 1 aromatic rings. The Bertz CT molecular complexity index is 409. The van der Waals surface area contributed by atoms with E-state index in [1.807, 2.05) is 0 Å². The lowest BCUT2D eigenvalue weighted by Gasteiger charge is -2.22. The Balaban J connectivity index is 2.33. The van der Waals surface area contributed by atoms with Crippen molar-refractivity contribution in [2.45, 2.75) is 33.6 Å². The van der Waals surface area contributed by atoms with Gasteiger partial charge < -0.3 is 4.90 Å². The van der Waals surface area contributed by atoms with Crippen molar-refractivity contribution >= 4 is 5.69 Å². The summed E-state index contributed by atoms with van der Waals surface area (Å²) in [5.41, 5.74) is 7.07. The molecule has 0 heterocycles. The lowest BCUT2D eigenvalue weighted by molar-refractivity contribution is 1.07. The van der Waals surface area contributed by atoms with E-state index in [1.54, 1.807) is 5.57 Å². The zero-order chi connectivity index (χ0) is 11.0. The Hall–Kier alpha value is -1.24. The number of benzene rings is 1. The maximum atomic E-state index is 2.32. The van der Waals surface area contributed by atoms with Crippen molar-refractivity contribution in [1.29, 1.82) is 0 Å². The Morgan fingerprint density at radius 3 is 2.40 bits per heavy atom. The molecule has 0 saturated heterocycles. The Morgan fingerprint density at radius 1 is 1.20 bits per heavy atom. The number of allylic oxidation sites excluding steroid dienone is 2. The van der Waals surface area contributed by atoms with E-state index in [2.05, 4.69) is 50.9 Å². The van der Waals surface area contributed by atoms with Gasteiger partial charge in [-0.2, -0.15) is 0 Å². The summed E-state index contributed by atoms with van der Waals surface area (Å²) in [6, 6.07) is 6.65. The first-order valence-corrected chi connectivity index (χ1v) is 5.59. The van der Waals surface area contributed by atoms with Crippen LogP contribution in [0.1, 0.15) is 30.9 Å². The predicted molar refractivity (Wildman–Crippen MR) is 66.3 cm³/mol. The molecule has 1 heteroatoms. The fourth-order valence-corrected chi connectivity index (χ4v) is 2.02. The second-order valence-electron chi connectivity index (χ2n) is 4.54. The lowest BCUT2D eigenvalue weighted by Crippen LogP contribution is -2.15. The Morgan fingerprint density at radius 2 is 1.87 bits per heavy atom. The summed E-state index contributed by atoms with van der Waals surface area (Å²) in [5, 5.41) is 0. The highest BCUT2D eigenvalue weighted by atomic mass is 15.1. The van der Waals surface area contributed by atoms with Gasteiger partial charge in [-0.05, 0) is 45.2 Å². The molecule has 1 nitrogen and oxygen atoms in total. The van der Waals surface area contributed by atoms with Gasteiger partial charge in [0.1, 0.15) is 0 Å². The summed E-state index contributed by atoms with van der Waals surface area (Å²) < 4.78 is 0. The minimum absolute atomic E-state index is 1.29. The Labute approximate surface area is 92.4 Å². The lowest BCUT2D eigenvalue weighted by atomic mass is 10.1. The average Bonchev–Trinajstić information content (AvgIpc) is 2.99. The Kier molecular flexibility index (Phi) is 2.56. The summed E-state index contributed by atoms with van der Waals surface area (Å²) in [6.45, 7) is 6.55. The fraction of sp³-hybridized carbons (Fsp3) is 0.429. The molecule has 1 aliphatic rings. The molecule has 0 radical (unpaired) electrons. The molecule has 0 aliphatic heterocycles. The van der Waals surface area contributed by atoms with Gasteiger partial charge in [0.05, 0.1) is 0 Å². The zero-order valence-corrected chi connectivity index (χ0v) is 10.1. The number of aryl methyl sites for hydroxylation is 2. The second-order valence-corrected chi connectivity index (χ2v) is 4.54. The highest BCUT2D eigenvalue weighted by molar-refractivity contribution is 5.58. The molecule has 0 spiro atoms. The number of rotatable bonds is 2. The van der Waals surface area contributed by atoms with Gasteiger partial charge in [-0.15, -0.1) is 0 Å². The monoisotopic (exact) mass is 201 g/mol. The molecule has 0 N–H and O–H groups in total. The van der Waals surface area contributed by atoms with E-state index in [0.29, 0.717) is 0 Å². The summed E-state index contributed by atoms with van der Waals surface area (Å²) in [4.78, 5) is 2.32. The van der Waals surface area contributed by atoms with E-state index < -0.39 is 0 Å². The number of hydrogen-bond acceptors (Lipinski definition) is 1. The van der Waals surface area contributed by atoms with E-state index in [-0.39, 0.29) is 0 Å². The molecule has 1 aliphatic carbocycles. The van der Waals surface area contributed by atoms with Crippen LogP contribution in [0.15, 0.2) is 29.5 Å². The van der Waals surface area contributed by atoms with Gasteiger partial charge in [-0.3, -0.25) is 0 Å². The summed E-state index contributed by atoms with van der Waals surface area (Å²) in [7, 11) is 2.16. The van der Waals surface area contributed by atoms with Crippen molar-refractivity contribution in [3.63, 3.8) is 0 Å². The van der Waals surface area contributed by atoms with Crippen LogP contribution < -0.4 is 4.90 Å². The van der Waals surface area contributed by atoms with E-state index in [1.165, 1.54) is 35.4 Å². The van der Waals surface area contributed by atoms with E-state index in [9.17, 15) is 0 Å². The van der Waals surface area contributed by atoms with Crippen LogP contribution in [0.2, 0.25) is 0 Å². The smallest absolute Gasteiger partial charge is 0.0435 e.